The van der Waals surface area contributed by atoms with Gasteiger partial charge in [0, 0.05) is 25.4 Å². The Bertz CT molecular complexity index is 505. The van der Waals surface area contributed by atoms with Crippen LogP contribution in [0, 0.1) is 5.92 Å². The summed E-state index contributed by atoms with van der Waals surface area (Å²) in [4.78, 5) is 23.7. The fourth-order valence-electron chi connectivity index (χ4n) is 1.77. The van der Waals surface area contributed by atoms with Crippen LogP contribution >= 0.6 is 0 Å². The molecule has 2 N–H and O–H groups in total. The van der Waals surface area contributed by atoms with E-state index in [1.54, 1.807) is 0 Å². The molecule has 0 saturated heterocycles. The zero-order valence-electron chi connectivity index (χ0n) is 12.4. The molecule has 0 spiro atoms. The van der Waals surface area contributed by atoms with E-state index in [0.717, 1.165) is 6.42 Å². The lowest BCUT2D eigenvalue weighted by atomic mass is 10.1. The topological polar surface area (TPSA) is 79.2 Å². The summed E-state index contributed by atoms with van der Waals surface area (Å²) < 4.78 is 8.22. The highest BCUT2D eigenvalue weighted by Gasteiger charge is 2.04. The van der Waals surface area contributed by atoms with Gasteiger partial charge in [-0.1, -0.05) is 13.8 Å². The highest BCUT2D eigenvalue weighted by atomic mass is 16.5. The van der Waals surface area contributed by atoms with E-state index in [2.05, 4.69) is 13.8 Å². The molecule has 6 nitrogen and oxygen atoms in total. The number of hydrogen-bond donors (Lipinski definition) is 1. The van der Waals surface area contributed by atoms with Crippen LogP contribution in [0.15, 0.2) is 21.9 Å². The van der Waals surface area contributed by atoms with Crippen LogP contribution in [-0.4, -0.2) is 28.9 Å². The van der Waals surface area contributed by atoms with Crippen molar-refractivity contribution in [3.63, 3.8) is 0 Å². The van der Waals surface area contributed by atoms with E-state index in [-0.39, 0.29) is 11.2 Å². The van der Waals surface area contributed by atoms with Crippen LogP contribution in [-0.2, 0) is 17.8 Å². The molecule has 0 bridgehead atoms. The second-order valence-electron chi connectivity index (χ2n) is 5.22. The van der Waals surface area contributed by atoms with Crippen LogP contribution in [0.1, 0.15) is 26.7 Å². The first-order valence-electron chi connectivity index (χ1n) is 7.14. The first-order chi connectivity index (χ1) is 9.56. The summed E-state index contributed by atoms with van der Waals surface area (Å²) in [6.07, 6.45) is 3.14. The van der Waals surface area contributed by atoms with E-state index in [9.17, 15) is 9.59 Å². The molecule has 0 radical (unpaired) electrons. The van der Waals surface area contributed by atoms with Gasteiger partial charge in [-0.2, -0.15) is 0 Å². The van der Waals surface area contributed by atoms with Gasteiger partial charge in [0.1, 0.15) is 0 Å². The summed E-state index contributed by atoms with van der Waals surface area (Å²) in [5, 5.41) is 0. The number of nitrogens with zero attached hydrogens (tertiary/aromatic N) is 2. The molecule has 0 saturated carbocycles. The first kappa shape index (κ1) is 16.7. The third-order valence-electron chi connectivity index (χ3n) is 3.04. The summed E-state index contributed by atoms with van der Waals surface area (Å²) in [6.45, 7) is 6.73. The zero-order valence-corrected chi connectivity index (χ0v) is 12.4. The van der Waals surface area contributed by atoms with Gasteiger partial charge in [0.05, 0.1) is 13.2 Å². The van der Waals surface area contributed by atoms with Gasteiger partial charge >= 0.3 is 5.69 Å². The molecule has 0 amide bonds. The Balaban J connectivity index is 2.58. The molecule has 20 heavy (non-hydrogen) atoms. The third-order valence-corrected chi connectivity index (χ3v) is 3.04. The maximum absolute atomic E-state index is 12.1. The van der Waals surface area contributed by atoms with Crippen molar-refractivity contribution in [2.45, 2.75) is 39.8 Å². The summed E-state index contributed by atoms with van der Waals surface area (Å²) in [7, 11) is 0. The molecule has 0 aliphatic rings. The normalized spacial score (nSPS) is 11.2. The number of rotatable bonds is 9. The summed E-state index contributed by atoms with van der Waals surface area (Å²) in [5.41, 5.74) is 4.84. The van der Waals surface area contributed by atoms with Crippen molar-refractivity contribution in [2.24, 2.45) is 11.7 Å². The van der Waals surface area contributed by atoms with Crippen LogP contribution in [0.2, 0.25) is 0 Å². The van der Waals surface area contributed by atoms with E-state index in [4.69, 9.17) is 10.5 Å². The lowest BCUT2D eigenvalue weighted by molar-refractivity contribution is 0.115. The average Bonchev–Trinajstić information content (AvgIpc) is 2.40. The van der Waals surface area contributed by atoms with Gasteiger partial charge in [-0.25, -0.2) is 4.79 Å². The smallest absolute Gasteiger partial charge is 0.331 e. The Morgan fingerprint density at radius 3 is 2.65 bits per heavy atom. The molecule has 6 heteroatoms. The first-order valence-corrected chi connectivity index (χ1v) is 7.14. The molecule has 1 aromatic heterocycles. The van der Waals surface area contributed by atoms with Crippen LogP contribution in [0.25, 0.3) is 0 Å². The van der Waals surface area contributed by atoms with Crippen molar-refractivity contribution in [1.82, 2.24) is 9.13 Å². The predicted octanol–water partition coefficient (Wildman–Crippen LogP) is 0.422. The van der Waals surface area contributed by atoms with Crippen molar-refractivity contribution < 1.29 is 4.74 Å². The Morgan fingerprint density at radius 1 is 1.25 bits per heavy atom. The van der Waals surface area contributed by atoms with Crippen molar-refractivity contribution >= 4 is 0 Å². The van der Waals surface area contributed by atoms with Crippen molar-refractivity contribution in [1.29, 1.82) is 0 Å². The van der Waals surface area contributed by atoms with Gasteiger partial charge in [-0.05, 0) is 25.3 Å². The van der Waals surface area contributed by atoms with Gasteiger partial charge in [0.15, 0.2) is 0 Å². The highest BCUT2D eigenvalue weighted by molar-refractivity contribution is 4.86. The Morgan fingerprint density at radius 2 is 2.00 bits per heavy atom. The molecule has 114 valence electrons. The van der Waals surface area contributed by atoms with Gasteiger partial charge in [-0.3, -0.25) is 13.9 Å². The van der Waals surface area contributed by atoms with Gasteiger partial charge < -0.3 is 10.5 Å². The number of hydrogen-bond acceptors (Lipinski definition) is 4. The second kappa shape index (κ2) is 8.71. The minimum atomic E-state index is -0.293. The van der Waals surface area contributed by atoms with E-state index in [0.29, 0.717) is 45.2 Å². The van der Waals surface area contributed by atoms with Gasteiger partial charge in [0.2, 0.25) is 0 Å². The van der Waals surface area contributed by atoms with Crippen molar-refractivity contribution in [3.05, 3.63) is 33.1 Å². The van der Waals surface area contributed by atoms with Crippen LogP contribution < -0.4 is 17.0 Å². The van der Waals surface area contributed by atoms with Gasteiger partial charge in [0.25, 0.3) is 5.56 Å². The highest BCUT2D eigenvalue weighted by Crippen LogP contribution is 1.98. The summed E-state index contributed by atoms with van der Waals surface area (Å²) >= 11 is 0. The Labute approximate surface area is 119 Å². The molecule has 0 fully saturated rings. The van der Waals surface area contributed by atoms with Crippen LogP contribution in [0.3, 0.4) is 0 Å². The molecule has 1 rings (SSSR count). The van der Waals surface area contributed by atoms with Gasteiger partial charge in [-0.15, -0.1) is 0 Å². The lowest BCUT2D eigenvalue weighted by Gasteiger charge is -2.10. The molecular formula is C14H25N3O3. The van der Waals surface area contributed by atoms with E-state index < -0.39 is 0 Å². The van der Waals surface area contributed by atoms with E-state index >= 15 is 0 Å². The monoisotopic (exact) mass is 283 g/mol. The number of ether oxygens (including phenoxy) is 1. The molecule has 0 aromatic carbocycles. The van der Waals surface area contributed by atoms with Crippen molar-refractivity contribution in [3.8, 4) is 0 Å². The van der Waals surface area contributed by atoms with Crippen LogP contribution in [0.5, 0.6) is 0 Å². The second-order valence-corrected chi connectivity index (χ2v) is 5.22. The minimum Gasteiger partial charge on any atom is -0.380 e. The lowest BCUT2D eigenvalue weighted by Crippen LogP contribution is -2.39. The molecule has 0 atom stereocenters. The number of nitrogens with two attached hydrogens (primary N) is 1. The maximum Gasteiger partial charge on any atom is 0.331 e. The fourth-order valence-corrected chi connectivity index (χ4v) is 1.77. The molecule has 0 aliphatic heterocycles. The SMILES string of the molecule is CC(C)CCOCCn1ccc(=O)n(CCCN)c1=O. The largest absolute Gasteiger partial charge is 0.380 e. The quantitative estimate of drug-likeness (QED) is 0.666. The molecule has 1 aromatic rings. The summed E-state index contributed by atoms with van der Waals surface area (Å²) in [5.74, 6) is 0.607. The maximum atomic E-state index is 12.1. The molecule has 0 aliphatic carbocycles. The zero-order chi connectivity index (χ0) is 15.0. The predicted molar refractivity (Wildman–Crippen MR) is 78.9 cm³/mol. The minimum absolute atomic E-state index is 0.277. The molecule has 1 heterocycles. The van der Waals surface area contributed by atoms with E-state index in [1.165, 1.54) is 21.4 Å². The van der Waals surface area contributed by atoms with Crippen LogP contribution in [0.4, 0.5) is 0 Å². The fraction of sp³-hybridized carbons (Fsp3) is 0.714. The number of aromatic nitrogens is 2. The third kappa shape index (κ3) is 5.30. The Kier molecular flexibility index (Phi) is 7.25. The average molecular weight is 283 g/mol. The summed E-state index contributed by atoms with van der Waals surface area (Å²) in [6, 6.07) is 1.41. The molecular weight excluding hydrogens is 258 g/mol. The van der Waals surface area contributed by atoms with Crippen molar-refractivity contribution in [2.75, 3.05) is 19.8 Å². The standard InChI is InChI=1S/C14H25N3O3/c1-12(2)5-10-20-11-9-16-8-4-13(18)17(14(16)19)7-3-6-15/h4,8,12H,3,5-7,9-11,15H2,1-2H3. The van der Waals surface area contributed by atoms with E-state index in [1.807, 2.05) is 0 Å². The Hall–Kier alpha value is -1.40. The molecule has 0 unspecified atom stereocenters.